The highest BCUT2D eigenvalue weighted by Gasteiger charge is 2.37. The van der Waals surface area contributed by atoms with Crippen molar-refractivity contribution in [2.75, 3.05) is 18.6 Å². The smallest absolute Gasteiger partial charge is 0.310 e. The van der Waals surface area contributed by atoms with Crippen LogP contribution in [0.3, 0.4) is 0 Å². The van der Waals surface area contributed by atoms with Gasteiger partial charge >= 0.3 is 5.97 Å². The molecule has 0 aliphatic carbocycles. The Balaban J connectivity index is 2.15. The maximum Gasteiger partial charge on any atom is 0.310 e. The van der Waals surface area contributed by atoms with E-state index in [2.05, 4.69) is 4.74 Å². The summed E-state index contributed by atoms with van der Waals surface area (Å²) in [6, 6.07) is 6.41. The Kier molecular flexibility index (Phi) is 4.29. The average Bonchev–Trinajstić information content (AvgIpc) is 2.64. The quantitative estimate of drug-likeness (QED) is 0.780. The highest BCUT2D eigenvalue weighted by atomic mass is 32.2. The minimum atomic E-state index is -3.15. The fourth-order valence-electron chi connectivity index (χ4n) is 2.12. The van der Waals surface area contributed by atoms with Crippen molar-refractivity contribution in [2.45, 2.75) is 18.6 Å². The van der Waals surface area contributed by atoms with E-state index >= 15 is 0 Å². The van der Waals surface area contributed by atoms with Gasteiger partial charge in [0.2, 0.25) is 0 Å². The molecular weight excluding hydrogens is 282 g/mol. The van der Waals surface area contributed by atoms with Crippen LogP contribution in [0.1, 0.15) is 5.56 Å². The van der Waals surface area contributed by atoms with E-state index in [9.17, 15) is 13.2 Å². The molecule has 1 heterocycles. The Morgan fingerprint density at radius 3 is 2.65 bits per heavy atom. The summed E-state index contributed by atoms with van der Waals surface area (Å²) in [6.07, 6.45) is -0.514. The Bertz CT molecular complexity index is 599. The van der Waals surface area contributed by atoms with Crippen molar-refractivity contribution in [3.05, 3.63) is 29.8 Å². The molecule has 20 heavy (non-hydrogen) atoms. The highest BCUT2D eigenvalue weighted by Crippen LogP contribution is 2.24. The van der Waals surface area contributed by atoms with E-state index in [1.807, 2.05) is 0 Å². The molecule has 1 aliphatic rings. The first-order valence-corrected chi connectivity index (χ1v) is 8.01. The van der Waals surface area contributed by atoms with E-state index in [4.69, 9.17) is 10.5 Å². The molecule has 110 valence electrons. The minimum Gasteiger partial charge on any atom is -0.487 e. The molecule has 2 unspecified atom stereocenters. The summed E-state index contributed by atoms with van der Waals surface area (Å²) in [7, 11) is -1.84. The second-order valence-corrected chi connectivity index (χ2v) is 6.91. The van der Waals surface area contributed by atoms with Crippen LogP contribution in [0.25, 0.3) is 0 Å². The lowest BCUT2D eigenvalue weighted by atomic mass is 10.1. The molecule has 1 aliphatic heterocycles. The standard InChI is InChI=1S/C13H17NO5S/c1-18-13(15)6-9-4-2-3-5-11(9)19-12-8-20(16,17)7-10(12)14/h2-5,10,12H,6-8,14H2,1H3. The maximum absolute atomic E-state index is 11.5. The van der Waals surface area contributed by atoms with Gasteiger partial charge in [0, 0.05) is 5.56 Å². The van der Waals surface area contributed by atoms with Crippen LogP contribution in [0.4, 0.5) is 0 Å². The molecule has 6 nitrogen and oxygen atoms in total. The van der Waals surface area contributed by atoms with Crippen molar-refractivity contribution in [3.8, 4) is 5.75 Å². The normalized spacial score (nSPS) is 24.3. The third-order valence-corrected chi connectivity index (χ3v) is 4.88. The molecule has 0 bridgehead atoms. The van der Waals surface area contributed by atoms with E-state index in [-0.39, 0.29) is 23.9 Å². The molecule has 7 heteroatoms. The predicted octanol–water partition coefficient (Wildman–Crippen LogP) is -0.0948. The largest absolute Gasteiger partial charge is 0.487 e. The lowest BCUT2D eigenvalue weighted by molar-refractivity contribution is -0.139. The van der Waals surface area contributed by atoms with E-state index in [1.54, 1.807) is 24.3 Å². The van der Waals surface area contributed by atoms with Crippen LogP contribution in [-0.4, -0.2) is 45.1 Å². The number of carbonyl (C=O) groups is 1. The summed E-state index contributed by atoms with van der Waals surface area (Å²) in [6.45, 7) is 0. The van der Waals surface area contributed by atoms with Crippen LogP contribution in [0.2, 0.25) is 0 Å². The maximum atomic E-state index is 11.5. The molecule has 0 radical (unpaired) electrons. The van der Waals surface area contributed by atoms with Gasteiger partial charge in [-0.3, -0.25) is 4.79 Å². The fourth-order valence-corrected chi connectivity index (χ4v) is 3.87. The number of hydrogen-bond donors (Lipinski definition) is 1. The van der Waals surface area contributed by atoms with Crippen LogP contribution in [0, 0.1) is 0 Å². The summed E-state index contributed by atoms with van der Waals surface area (Å²) in [5.74, 6) is -0.0859. The van der Waals surface area contributed by atoms with Gasteiger partial charge in [0.05, 0.1) is 31.1 Å². The molecule has 0 spiro atoms. The number of carbonyl (C=O) groups excluding carboxylic acids is 1. The number of ether oxygens (including phenoxy) is 2. The summed E-state index contributed by atoms with van der Waals surface area (Å²) in [5, 5.41) is 0. The average molecular weight is 299 g/mol. The second-order valence-electron chi connectivity index (χ2n) is 4.76. The number of rotatable bonds is 4. The third-order valence-electron chi connectivity index (χ3n) is 3.16. The molecule has 1 saturated heterocycles. The first-order valence-electron chi connectivity index (χ1n) is 6.18. The lowest BCUT2D eigenvalue weighted by Crippen LogP contribution is -2.37. The first kappa shape index (κ1) is 14.8. The summed E-state index contributed by atoms with van der Waals surface area (Å²) in [5.41, 5.74) is 6.43. The molecule has 1 aromatic rings. The molecule has 0 aromatic heterocycles. The van der Waals surface area contributed by atoms with Gasteiger partial charge in [0.1, 0.15) is 11.9 Å². The minimum absolute atomic E-state index is 0.0708. The van der Waals surface area contributed by atoms with Gasteiger partial charge in [0.15, 0.2) is 9.84 Å². The van der Waals surface area contributed by atoms with E-state index in [1.165, 1.54) is 7.11 Å². The number of methoxy groups -OCH3 is 1. The second kappa shape index (κ2) is 5.80. The Labute approximate surface area is 117 Å². The van der Waals surface area contributed by atoms with Gasteiger partial charge in [-0.05, 0) is 6.07 Å². The predicted molar refractivity (Wildman–Crippen MR) is 73.2 cm³/mol. The molecule has 0 amide bonds. The van der Waals surface area contributed by atoms with Gasteiger partial charge in [-0.25, -0.2) is 8.42 Å². The van der Waals surface area contributed by atoms with Crippen LogP contribution in [0.15, 0.2) is 24.3 Å². The topological polar surface area (TPSA) is 95.7 Å². The van der Waals surface area contributed by atoms with E-state index < -0.39 is 22.0 Å². The van der Waals surface area contributed by atoms with Gasteiger partial charge in [-0.2, -0.15) is 0 Å². The van der Waals surface area contributed by atoms with E-state index in [0.29, 0.717) is 11.3 Å². The lowest BCUT2D eigenvalue weighted by Gasteiger charge is -2.18. The van der Waals surface area contributed by atoms with Crippen molar-refractivity contribution in [1.29, 1.82) is 0 Å². The third kappa shape index (κ3) is 3.49. The number of benzene rings is 1. The van der Waals surface area contributed by atoms with Crippen molar-refractivity contribution in [1.82, 2.24) is 0 Å². The zero-order chi connectivity index (χ0) is 14.8. The van der Waals surface area contributed by atoms with Crippen molar-refractivity contribution in [3.63, 3.8) is 0 Å². The molecule has 2 N–H and O–H groups in total. The Hall–Kier alpha value is -1.60. The van der Waals surface area contributed by atoms with Crippen LogP contribution in [-0.2, 0) is 25.8 Å². The monoisotopic (exact) mass is 299 g/mol. The molecule has 1 fully saturated rings. The highest BCUT2D eigenvalue weighted by molar-refractivity contribution is 7.91. The molecule has 2 rings (SSSR count). The molecule has 2 atom stereocenters. The van der Waals surface area contributed by atoms with Crippen molar-refractivity contribution in [2.24, 2.45) is 5.73 Å². The van der Waals surface area contributed by atoms with Gasteiger partial charge in [0.25, 0.3) is 0 Å². The zero-order valence-corrected chi connectivity index (χ0v) is 11.9. The molecular formula is C13H17NO5S. The molecule has 1 aromatic carbocycles. The summed E-state index contributed by atoms with van der Waals surface area (Å²) < 4.78 is 33.3. The fraction of sp³-hybridized carbons (Fsp3) is 0.462. The van der Waals surface area contributed by atoms with Crippen molar-refractivity contribution >= 4 is 15.8 Å². The summed E-state index contributed by atoms with van der Waals surface area (Å²) in [4.78, 5) is 11.3. The zero-order valence-electron chi connectivity index (χ0n) is 11.1. The number of para-hydroxylation sites is 1. The number of sulfone groups is 1. The van der Waals surface area contributed by atoms with Crippen molar-refractivity contribution < 1.29 is 22.7 Å². The van der Waals surface area contributed by atoms with Crippen LogP contribution >= 0.6 is 0 Å². The number of esters is 1. The SMILES string of the molecule is COC(=O)Cc1ccccc1OC1CS(=O)(=O)CC1N. The Morgan fingerprint density at radius 1 is 1.35 bits per heavy atom. The van der Waals surface area contributed by atoms with Crippen LogP contribution in [0.5, 0.6) is 5.75 Å². The van der Waals surface area contributed by atoms with Crippen LogP contribution < -0.4 is 10.5 Å². The number of nitrogens with two attached hydrogens (primary N) is 1. The van der Waals surface area contributed by atoms with Gasteiger partial charge < -0.3 is 15.2 Å². The van der Waals surface area contributed by atoms with E-state index in [0.717, 1.165) is 0 Å². The molecule has 0 saturated carbocycles. The number of hydrogen-bond acceptors (Lipinski definition) is 6. The summed E-state index contributed by atoms with van der Waals surface area (Å²) >= 11 is 0. The van der Waals surface area contributed by atoms with Gasteiger partial charge in [-0.15, -0.1) is 0 Å². The Morgan fingerprint density at radius 2 is 2.05 bits per heavy atom. The first-order chi connectivity index (χ1) is 9.41. The van der Waals surface area contributed by atoms with Gasteiger partial charge in [-0.1, -0.05) is 18.2 Å².